The van der Waals surface area contributed by atoms with Crippen LogP contribution in [0.1, 0.15) is 0 Å². The quantitative estimate of drug-likeness (QED) is 0.503. The number of anilines is 1. The minimum absolute atomic E-state index is 0.270. The molecule has 33 heavy (non-hydrogen) atoms. The van der Waals surface area contributed by atoms with Crippen LogP contribution < -0.4 is 15.4 Å². The normalized spacial score (nSPS) is 13.7. The molecule has 2 N–H and O–H groups in total. The molecule has 1 aliphatic heterocycles. The maximum atomic E-state index is 13.9. The molecule has 0 bridgehead atoms. The molecule has 1 saturated heterocycles. The third-order valence-corrected chi connectivity index (χ3v) is 5.72. The topological polar surface area (TPSA) is 94.2 Å². The monoisotopic (exact) mass is 447 g/mol. The van der Waals surface area contributed by atoms with Crippen LogP contribution in [0, 0.1) is 17.6 Å². The van der Waals surface area contributed by atoms with Crippen molar-refractivity contribution in [2.75, 3.05) is 25.1 Å². The average Bonchev–Trinajstić information content (AvgIpc) is 2.79. The Kier molecular flexibility index (Phi) is 5.08. The van der Waals surface area contributed by atoms with E-state index < -0.39 is 11.6 Å². The van der Waals surface area contributed by atoms with Gasteiger partial charge in [0.05, 0.1) is 13.0 Å². The molecule has 7 nitrogen and oxygen atoms in total. The first-order chi connectivity index (χ1) is 15.9. The molecule has 0 unspecified atom stereocenters. The molecule has 2 aromatic heterocycles. The van der Waals surface area contributed by atoms with Gasteiger partial charge in [-0.2, -0.15) is 0 Å². The van der Waals surface area contributed by atoms with Gasteiger partial charge in [0.1, 0.15) is 17.1 Å². The van der Waals surface area contributed by atoms with Crippen LogP contribution >= 0.6 is 0 Å². The number of carbonyl (C=O) groups is 1. The number of methoxy groups -OCH3 is 1. The van der Waals surface area contributed by atoms with Crippen molar-refractivity contribution >= 4 is 22.6 Å². The summed E-state index contributed by atoms with van der Waals surface area (Å²) in [5, 5.41) is 0.657. The highest BCUT2D eigenvalue weighted by atomic mass is 19.2. The highest BCUT2D eigenvalue weighted by Crippen LogP contribution is 2.39. The van der Waals surface area contributed by atoms with Gasteiger partial charge in [0, 0.05) is 36.4 Å². The molecular weight excluding hydrogens is 428 g/mol. The maximum absolute atomic E-state index is 13.9. The Morgan fingerprint density at radius 2 is 1.88 bits per heavy atom. The number of carbonyl (C=O) groups excluding carboxylic acids is 1. The molecule has 0 spiro atoms. The number of fused-ring (bicyclic) bond motifs is 1. The van der Waals surface area contributed by atoms with Crippen LogP contribution in [0.15, 0.2) is 54.9 Å². The van der Waals surface area contributed by atoms with E-state index in [1.807, 2.05) is 17.0 Å². The van der Waals surface area contributed by atoms with E-state index >= 15 is 0 Å². The van der Waals surface area contributed by atoms with Crippen LogP contribution in [0.4, 0.5) is 14.6 Å². The summed E-state index contributed by atoms with van der Waals surface area (Å²) in [6.45, 7) is 0.845. The summed E-state index contributed by atoms with van der Waals surface area (Å²) in [5.74, 6) is -0.999. The molecule has 2 aromatic carbocycles. The number of amides is 1. The molecule has 9 heteroatoms. The average molecular weight is 447 g/mol. The maximum Gasteiger partial charge on any atom is 0.224 e. The zero-order chi connectivity index (χ0) is 23.1. The molecule has 1 fully saturated rings. The predicted molar refractivity (Wildman–Crippen MR) is 120 cm³/mol. The molecule has 1 aliphatic rings. The van der Waals surface area contributed by atoms with Gasteiger partial charge in [-0.3, -0.25) is 9.78 Å². The van der Waals surface area contributed by atoms with Crippen LogP contribution in [0.3, 0.4) is 0 Å². The van der Waals surface area contributed by atoms with Gasteiger partial charge >= 0.3 is 0 Å². The number of nitrogens with zero attached hydrogens (tertiary/aromatic N) is 4. The Hall–Kier alpha value is -4.14. The number of halogens is 2. The lowest BCUT2D eigenvalue weighted by molar-refractivity contribution is -0.122. The van der Waals surface area contributed by atoms with Crippen molar-refractivity contribution in [3.8, 4) is 28.3 Å². The summed E-state index contributed by atoms with van der Waals surface area (Å²) in [4.78, 5) is 27.1. The number of hydrogen-bond donors (Lipinski definition) is 1. The largest absolute Gasteiger partial charge is 0.494 e. The third kappa shape index (κ3) is 3.71. The van der Waals surface area contributed by atoms with Crippen molar-refractivity contribution in [3.63, 3.8) is 0 Å². The first-order valence-electron chi connectivity index (χ1n) is 10.2. The first kappa shape index (κ1) is 20.7. The number of ether oxygens (including phenoxy) is 1. The van der Waals surface area contributed by atoms with Crippen LogP contribution in [0.5, 0.6) is 5.75 Å². The molecule has 0 radical (unpaired) electrons. The summed E-state index contributed by atoms with van der Waals surface area (Å²) >= 11 is 0. The number of aromatic nitrogens is 3. The Morgan fingerprint density at radius 1 is 1.06 bits per heavy atom. The van der Waals surface area contributed by atoms with Gasteiger partial charge in [-0.15, -0.1) is 0 Å². The van der Waals surface area contributed by atoms with Crippen molar-refractivity contribution in [3.05, 3.63) is 66.5 Å². The van der Waals surface area contributed by atoms with Crippen LogP contribution in [-0.4, -0.2) is 41.1 Å². The van der Waals surface area contributed by atoms with Crippen LogP contribution in [0.2, 0.25) is 0 Å². The summed E-state index contributed by atoms with van der Waals surface area (Å²) in [6.07, 6.45) is 3.32. The van der Waals surface area contributed by atoms with E-state index in [0.29, 0.717) is 52.5 Å². The second kappa shape index (κ2) is 8.09. The lowest BCUT2D eigenvalue weighted by Gasteiger charge is -2.39. The summed E-state index contributed by atoms with van der Waals surface area (Å²) in [7, 11) is 1.52. The van der Waals surface area contributed by atoms with Gasteiger partial charge in [-0.25, -0.2) is 18.7 Å². The number of nitrogens with two attached hydrogens (primary N) is 1. The Bertz CT molecular complexity index is 1370. The van der Waals surface area contributed by atoms with Crippen molar-refractivity contribution in [1.29, 1.82) is 0 Å². The van der Waals surface area contributed by atoms with Crippen molar-refractivity contribution < 1.29 is 18.3 Å². The molecule has 0 saturated carbocycles. The minimum Gasteiger partial charge on any atom is -0.494 e. The SMILES string of the molecule is COc1cc(-c2ccc(F)c(F)c2)cc2c(N3CC(C(N)=O)C3)nc(-c3cccnc3)nc12. The standard InChI is InChI=1S/C24H19F2N5O2/c1-33-20-9-15(13-4-5-18(25)19(26)8-13)7-17-21(20)29-23(14-3-2-6-28-10-14)30-24(17)31-11-16(12-31)22(27)32/h2-10,16H,11-12H2,1H3,(H2,27,32). The zero-order valence-corrected chi connectivity index (χ0v) is 17.6. The Labute approximate surface area is 187 Å². The van der Waals surface area contributed by atoms with Crippen molar-refractivity contribution in [1.82, 2.24) is 15.0 Å². The highest BCUT2D eigenvalue weighted by Gasteiger charge is 2.33. The summed E-state index contributed by atoms with van der Waals surface area (Å²) in [6, 6.07) is 10.9. The Balaban J connectivity index is 1.72. The molecule has 166 valence electrons. The van der Waals surface area contributed by atoms with Gasteiger partial charge in [0.25, 0.3) is 0 Å². The van der Waals surface area contributed by atoms with Gasteiger partial charge < -0.3 is 15.4 Å². The smallest absolute Gasteiger partial charge is 0.224 e. The van der Waals surface area contributed by atoms with E-state index in [0.717, 1.165) is 17.7 Å². The third-order valence-electron chi connectivity index (χ3n) is 5.72. The van der Waals surface area contributed by atoms with Crippen LogP contribution in [-0.2, 0) is 4.79 Å². The predicted octanol–water partition coefficient (Wildman–Crippen LogP) is 3.57. The van der Waals surface area contributed by atoms with E-state index in [-0.39, 0.29) is 11.8 Å². The second-order valence-corrected chi connectivity index (χ2v) is 7.82. The molecule has 4 aromatic rings. The lowest BCUT2D eigenvalue weighted by Crippen LogP contribution is -2.53. The minimum atomic E-state index is -0.943. The highest BCUT2D eigenvalue weighted by molar-refractivity contribution is 5.99. The van der Waals surface area contributed by atoms with Gasteiger partial charge in [0.15, 0.2) is 17.5 Å². The van der Waals surface area contributed by atoms with Crippen molar-refractivity contribution in [2.24, 2.45) is 11.7 Å². The van der Waals surface area contributed by atoms with Crippen LogP contribution in [0.25, 0.3) is 33.4 Å². The fraction of sp³-hybridized carbons (Fsp3) is 0.167. The van der Waals surface area contributed by atoms with Gasteiger partial charge in [-0.05, 0) is 47.5 Å². The summed E-state index contributed by atoms with van der Waals surface area (Å²) < 4.78 is 33.0. The number of hydrogen-bond acceptors (Lipinski definition) is 6. The van der Waals surface area contributed by atoms with E-state index in [4.69, 9.17) is 20.4 Å². The number of primary amides is 1. The fourth-order valence-electron chi connectivity index (χ4n) is 3.88. The zero-order valence-electron chi connectivity index (χ0n) is 17.6. The molecule has 5 rings (SSSR count). The fourth-order valence-corrected chi connectivity index (χ4v) is 3.88. The summed E-state index contributed by atoms with van der Waals surface area (Å²) in [5.41, 5.74) is 7.82. The molecule has 0 atom stereocenters. The molecule has 3 heterocycles. The van der Waals surface area contributed by atoms with E-state index in [1.165, 1.54) is 13.2 Å². The van der Waals surface area contributed by atoms with Gasteiger partial charge in [0.2, 0.25) is 5.91 Å². The lowest BCUT2D eigenvalue weighted by atomic mass is 9.97. The second-order valence-electron chi connectivity index (χ2n) is 7.82. The number of rotatable bonds is 5. The Morgan fingerprint density at radius 3 is 2.55 bits per heavy atom. The number of pyridine rings is 1. The van der Waals surface area contributed by atoms with Gasteiger partial charge in [-0.1, -0.05) is 6.07 Å². The molecule has 0 aliphatic carbocycles. The van der Waals surface area contributed by atoms with E-state index in [1.54, 1.807) is 24.5 Å². The van der Waals surface area contributed by atoms with E-state index in [9.17, 15) is 13.6 Å². The molecular formula is C24H19F2N5O2. The van der Waals surface area contributed by atoms with E-state index in [2.05, 4.69) is 4.98 Å². The first-order valence-corrected chi connectivity index (χ1v) is 10.2. The number of benzene rings is 2. The van der Waals surface area contributed by atoms with Crippen molar-refractivity contribution in [2.45, 2.75) is 0 Å². The molecule has 1 amide bonds.